The maximum atomic E-state index is 9.19. The first-order chi connectivity index (χ1) is 6.83. The fraction of sp³-hybridized carbons (Fsp3) is 0.400. The van der Waals surface area contributed by atoms with Gasteiger partial charge in [0.25, 0.3) is 0 Å². The van der Waals surface area contributed by atoms with Crippen LogP contribution in [-0.4, -0.2) is 17.8 Å². The van der Waals surface area contributed by atoms with Gasteiger partial charge in [0, 0.05) is 2.97 Å². The first kappa shape index (κ1) is 7.62. The number of aliphatic hydroxyl groups excluding tert-OH is 1. The summed E-state index contributed by atoms with van der Waals surface area (Å²) in [5.41, 5.74) is 0. The van der Waals surface area contributed by atoms with Crippen molar-refractivity contribution in [3.8, 4) is 5.75 Å². The quantitative estimate of drug-likeness (QED) is 0.749. The Morgan fingerprint density at radius 3 is 2.75 bits per heavy atom. The van der Waals surface area contributed by atoms with Gasteiger partial charge >= 0.3 is 0 Å². The van der Waals surface area contributed by atoms with Crippen molar-refractivity contribution in [2.24, 2.45) is 0 Å². The predicted molar refractivity (Wildman–Crippen MR) is 50.3 cm³/mol. The molecule has 0 aromatic heterocycles. The number of hydrogen-bond donors (Lipinski definition) is 1. The van der Waals surface area contributed by atoms with E-state index in [0.29, 0.717) is 6.61 Å². The third-order valence-electron chi connectivity index (χ3n) is 1.66. The molecule has 1 atom stereocenters. The van der Waals surface area contributed by atoms with E-state index >= 15 is 0 Å². The van der Waals surface area contributed by atoms with E-state index in [4.69, 9.17) is 7.71 Å². The van der Waals surface area contributed by atoms with Crippen molar-refractivity contribution in [1.82, 2.24) is 0 Å². The molecule has 1 aromatic rings. The van der Waals surface area contributed by atoms with Crippen molar-refractivity contribution in [2.75, 3.05) is 6.61 Å². The Morgan fingerprint density at radius 1 is 1.50 bits per heavy atom. The highest BCUT2D eigenvalue weighted by Gasteiger charge is 2.00. The topological polar surface area (TPSA) is 29.5 Å². The average Bonchev–Trinajstić information content (AvgIpc) is 2.30. The van der Waals surface area contributed by atoms with Crippen molar-refractivity contribution in [1.29, 1.82) is 0 Å². The van der Waals surface area contributed by atoms with Crippen molar-refractivity contribution in [2.45, 2.75) is 19.4 Å². The molecule has 2 nitrogen and oxygen atoms in total. The lowest BCUT2D eigenvalue weighted by Gasteiger charge is -2.09. The fourth-order valence-corrected chi connectivity index (χ4v) is 0.827. The highest BCUT2D eigenvalue weighted by atomic mass is 16.5. The third kappa shape index (κ3) is 2.93. The number of ether oxygens (including phenoxy) is 1. The van der Waals surface area contributed by atoms with Gasteiger partial charge in [0.1, 0.15) is 12.4 Å². The van der Waals surface area contributed by atoms with Gasteiger partial charge < -0.3 is 9.84 Å². The molecular formula is C10H16O2. The van der Waals surface area contributed by atoms with Gasteiger partial charge in [0.05, 0.1) is 6.10 Å². The Kier molecular flexibility index (Phi) is 3.03. The van der Waals surface area contributed by atoms with E-state index in [1.807, 2.05) is 37.3 Å². The molecule has 12 heavy (non-hydrogen) atoms. The zero-order valence-electron chi connectivity index (χ0n) is 9.23. The zero-order chi connectivity index (χ0) is 10.8. The van der Waals surface area contributed by atoms with Crippen molar-refractivity contribution in [3.63, 3.8) is 0 Å². The summed E-state index contributed by atoms with van der Waals surface area (Å²) in [5, 5.41) is 9.19. The molecule has 0 saturated carbocycles. The summed E-state index contributed by atoms with van der Waals surface area (Å²) >= 11 is 0. The van der Waals surface area contributed by atoms with Crippen LogP contribution in [0.5, 0.6) is 5.75 Å². The van der Waals surface area contributed by atoms with E-state index in [2.05, 4.69) is 0 Å². The number of benzene rings is 1. The molecule has 2 heteroatoms. The summed E-state index contributed by atoms with van der Waals surface area (Å²) in [6.45, 7) is 2.31. The second-order valence-electron chi connectivity index (χ2n) is 2.69. The number of rotatable bonds is 4. The Hall–Kier alpha value is -1.02. The molecule has 0 aliphatic carbocycles. The van der Waals surface area contributed by atoms with Gasteiger partial charge in [-0.1, -0.05) is 25.1 Å². The summed E-state index contributed by atoms with van der Waals surface area (Å²) in [6, 6.07) is 9.51. The maximum absolute atomic E-state index is 9.19. The highest BCUT2D eigenvalue weighted by molar-refractivity contribution is 5.20. The summed E-state index contributed by atoms with van der Waals surface area (Å²) in [6.07, 6.45) is 0.373. The fourth-order valence-electron chi connectivity index (χ4n) is 0.827. The smallest absolute Gasteiger partial charge is 0.119 e. The van der Waals surface area contributed by atoms with Crippen LogP contribution in [0.1, 0.15) is 16.3 Å². The van der Waals surface area contributed by atoms with Crippen molar-refractivity contribution in [3.05, 3.63) is 30.3 Å². The van der Waals surface area contributed by atoms with Crippen LogP contribution in [-0.2, 0) is 0 Å². The van der Waals surface area contributed by atoms with Gasteiger partial charge in [-0.25, -0.2) is 0 Å². The van der Waals surface area contributed by atoms with Crippen molar-refractivity contribution >= 4 is 0 Å². The molecule has 0 bridgehead atoms. The van der Waals surface area contributed by atoms with E-state index in [-0.39, 0.29) is 6.10 Å². The first-order valence-corrected chi connectivity index (χ1v) is 4.19. The van der Waals surface area contributed by atoms with E-state index in [9.17, 15) is 5.11 Å². The molecule has 1 N–H and O–H groups in total. The molecule has 0 radical (unpaired) electrons. The number of para-hydroxylation sites is 1. The van der Waals surface area contributed by atoms with Gasteiger partial charge in [0.2, 0.25) is 0 Å². The van der Waals surface area contributed by atoms with Crippen LogP contribution in [0.2, 0.25) is 0 Å². The molecular weight excluding hydrogens is 152 g/mol. The van der Waals surface area contributed by atoms with Gasteiger partial charge in [0.15, 0.2) is 0 Å². The Labute approximate surface area is 75.9 Å². The summed E-state index contributed by atoms with van der Waals surface area (Å²) in [4.78, 5) is 0. The lowest BCUT2D eigenvalue weighted by Crippen LogP contribution is -2.15. The molecule has 1 rings (SSSR count). The maximum Gasteiger partial charge on any atom is 0.119 e. The molecule has 0 spiro atoms. The molecule has 0 saturated heterocycles. The Morgan fingerprint density at radius 2 is 2.17 bits per heavy atom. The predicted octanol–water partition coefficient (Wildman–Crippen LogP) is 2.08. The number of hydrogen-bond acceptors (Lipinski definition) is 2. The van der Waals surface area contributed by atoms with E-state index in [1.54, 1.807) is 0 Å². The monoisotopic (exact) mass is 170 g/mol. The first-order valence-electron chi connectivity index (χ1n) is 5.19. The molecule has 0 aliphatic heterocycles. The van der Waals surface area contributed by atoms with Crippen LogP contribution in [0.25, 0.3) is 0 Å². The van der Waals surface area contributed by atoms with Crippen LogP contribution in [0, 0.1) is 0 Å². The van der Waals surface area contributed by atoms with Gasteiger partial charge in [-0.2, -0.15) is 0 Å². The molecule has 0 aliphatic rings. The molecule has 0 amide bonds. The van der Waals surface area contributed by atoms with E-state index < -0.39 is 0 Å². The van der Waals surface area contributed by atoms with Crippen LogP contribution >= 0.6 is 0 Å². The Balaban J connectivity index is 0.000000791. The molecule has 1 aromatic carbocycles. The highest BCUT2D eigenvalue weighted by Crippen LogP contribution is 2.08. The molecule has 0 heterocycles. The minimum absolute atomic E-state index is 0.356. The molecule has 1 unspecified atom stereocenters. The second-order valence-corrected chi connectivity index (χ2v) is 2.69. The summed E-state index contributed by atoms with van der Waals surface area (Å²) in [7, 11) is 0. The van der Waals surface area contributed by atoms with Crippen LogP contribution < -0.4 is 4.74 Å². The van der Waals surface area contributed by atoms with Gasteiger partial charge in [-0.15, -0.1) is 0 Å². The largest absolute Gasteiger partial charge is 0.491 e. The van der Waals surface area contributed by atoms with E-state index in [1.165, 1.54) is 0 Å². The summed E-state index contributed by atoms with van der Waals surface area (Å²) in [5.74, 6) is 0.810. The molecule has 68 valence electrons. The average molecular weight is 170 g/mol. The number of aliphatic hydroxyl groups is 1. The SMILES string of the molecule is CCC(O)COc1ccccc1.[2H][2H]. The summed E-state index contributed by atoms with van der Waals surface area (Å²) < 4.78 is 15.3. The van der Waals surface area contributed by atoms with Gasteiger partial charge in [-0.05, 0) is 18.6 Å². The van der Waals surface area contributed by atoms with Crippen LogP contribution in [0.15, 0.2) is 30.3 Å². The van der Waals surface area contributed by atoms with E-state index in [0.717, 1.165) is 12.2 Å². The minimum Gasteiger partial charge on any atom is -0.491 e. The van der Waals surface area contributed by atoms with Crippen molar-refractivity contribution < 1.29 is 12.8 Å². The standard InChI is InChI=1S/C10H14O2.H2/c1-2-9(11)8-12-10-6-4-3-5-7-10;/h3-7,9,11H,2,8H2,1H3;1H/i;1+1D. The van der Waals surface area contributed by atoms with Crippen LogP contribution in [0.4, 0.5) is 0 Å². The normalized spacial score (nSPS) is 13.2. The third-order valence-corrected chi connectivity index (χ3v) is 1.66. The van der Waals surface area contributed by atoms with Crippen LogP contribution in [0.3, 0.4) is 0 Å². The van der Waals surface area contributed by atoms with Gasteiger partial charge in [-0.3, -0.25) is 0 Å². The lowest BCUT2D eigenvalue weighted by molar-refractivity contribution is 0.104. The second kappa shape index (κ2) is 4.78. The Bertz CT molecular complexity index is 217. The lowest BCUT2D eigenvalue weighted by atomic mass is 10.3. The molecule has 0 fully saturated rings. The zero-order valence-corrected chi connectivity index (χ0v) is 7.23. The minimum atomic E-state index is -0.356.